The summed E-state index contributed by atoms with van der Waals surface area (Å²) in [5, 5.41) is 8.45. The Bertz CT molecular complexity index is 979. The van der Waals surface area contributed by atoms with Crippen LogP contribution in [0.15, 0.2) is 53.4 Å². The predicted octanol–water partition coefficient (Wildman–Crippen LogP) is 1.33. The fraction of sp³-hybridized carbons (Fsp3) is 0.167. The van der Waals surface area contributed by atoms with Crippen LogP contribution in [0.1, 0.15) is 32.7 Å². The minimum Gasteiger partial charge on any atom is -0.457 e. The topological polar surface area (TPSA) is 139 Å². The first kappa shape index (κ1) is 20.1. The van der Waals surface area contributed by atoms with Gasteiger partial charge in [-0.25, -0.2) is 17.9 Å². The molecule has 0 unspecified atom stereocenters. The first-order valence-electron chi connectivity index (χ1n) is 7.86. The summed E-state index contributed by atoms with van der Waals surface area (Å²) < 4.78 is 31.5. The van der Waals surface area contributed by atoms with Gasteiger partial charge in [-0.3, -0.25) is 4.79 Å². The summed E-state index contributed by atoms with van der Waals surface area (Å²) in [6.07, 6.45) is 0.0561. The van der Waals surface area contributed by atoms with Crippen LogP contribution in [0.5, 0.6) is 0 Å². The maximum absolute atomic E-state index is 12.1. The van der Waals surface area contributed by atoms with Crippen molar-refractivity contribution in [3.8, 4) is 6.07 Å². The smallest absolute Gasteiger partial charge is 0.338 e. The molecule has 140 valence electrons. The number of carbonyl (C=O) groups excluding carboxylic acids is 2. The molecule has 0 fully saturated rings. The van der Waals surface area contributed by atoms with Crippen LogP contribution in [0.2, 0.25) is 0 Å². The molecule has 0 radical (unpaired) electrons. The zero-order chi connectivity index (χ0) is 19.9. The average Bonchev–Trinajstić information content (AvgIpc) is 2.66. The normalized spacial score (nSPS) is 10.8. The van der Waals surface area contributed by atoms with Gasteiger partial charge in [-0.2, -0.15) is 5.26 Å². The Morgan fingerprint density at radius 1 is 1.11 bits per heavy atom. The number of hydrogen-bond donors (Lipinski definition) is 2. The molecule has 0 atom stereocenters. The zero-order valence-corrected chi connectivity index (χ0v) is 15.0. The van der Waals surface area contributed by atoms with Crippen LogP contribution in [0.25, 0.3) is 0 Å². The van der Waals surface area contributed by atoms with Crippen molar-refractivity contribution in [2.45, 2.75) is 17.9 Å². The quantitative estimate of drug-likeness (QED) is 0.517. The maximum atomic E-state index is 12.1. The molecule has 1 amide bonds. The summed E-state index contributed by atoms with van der Waals surface area (Å²) in [6, 6.07) is 13.5. The van der Waals surface area contributed by atoms with E-state index in [4.69, 9.17) is 15.7 Å². The molecule has 0 saturated carbocycles. The molecule has 2 aromatic carbocycles. The number of ether oxygens (including phenoxy) is 1. The molecule has 0 aromatic heterocycles. The number of benzene rings is 2. The number of nitrogens with one attached hydrogen (secondary N) is 1. The number of primary amides is 1. The van der Waals surface area contributed by atoms with Gasteiger partial charge in [0.05, 0.1) is 16.5 Å². The summed E-state index contributed by atoms with van der Waals surface area (Å²) in [5.41, 5.74) is 6.28. The second-order valence-electron chi connectivity index (χ2n) is 5.47. The molecule has 27 heavy (non-hydrogen) atoms. The highest BCUT2D eigenvalue weighted by Gasteiger charge is 2.15. The van der Waals surface area contributed by atoms with E-state index in [1.54, 1.807) is 18.2 Å². The molecule has 0 aliphatic rings. The van der Waals surface area contributed by atoms with Crippen LogP contribution in [-0.4, -0.2) is 26.8 Å². The van der Waals surface area contributed by atoms with E-state index in [2.05, 4.69) is 4.72 Å². The Labute approximate surface area is 156 Å². The molecule has 3 N–H and O–H groups in total. The first-order chi connectivity index (χ1) is 12.8. The Balaban J connectivity index is 2.00. The second-order valence-corrected chi connectivity index (χ2v) is 7.24. The van der Waals surface area contributed by atoms with Crippen molar-refractivity contribution in [1.29, 1.82) is 5.26 Å². The van der Waals surface area contributed by atoms with E-state index in [0.717, 1.165) is 0 Å². The largest absolute Gasteiger partial charge is 0.457 e. The van der Waals surface area contributed by atoms with E-state index >= 15 is 0 Å². The SMILES string of the molecule is N#CCCNS(=O)(=O)c1ccc(C(=O)OCc2cccc(C(N)=O)c2)cc1. The van der Waals surface area contributed by atoms with Gasteiger partial charge in [0.25, 0.3) is 0 Å². The van der Waals surface area contributed by atoms with Gasteiger partial charge in [0.1, 0.15) is 6.61 Å². The lowest BCUT2D eigenvalue weighted by atomic mass is 10.1. The van der Waals surface area contributed by atoms with Gasteiger partial charge in [0.15, 0.2) is 0 Å². The van der Waals surface area contributed by atoms with Crippen molar-refractivity contribution in [3.05, 3.63) is 65.2 Å². The molecular weight excluding hydrogens is 370 g/mol. The summed E-state index contributed by atoms with van der Waals surface area (Å²) >= 11 is 0. The lowest BCUT2D eigenvalue weighted by molar-refractivity contribution is 0.0472. The third kappa shape index (κ3) is 5.64. The van der Waals surface area contributed by atoms with Crippen molar-refractivity contribution in [2.75, 3.05) is 6.54 Å². The van der Waals surface area contributed by atoms with Gasteiger partial charge < -0.3 is 10.5 Å². The first-order valence-corrected chi connectivity index (χ1v) is 9.34. The number of sulfonamides is 1. The van der Waals surface area contributed by atoms with Crippen molar-refractivity contribution in [1.82, 2.24) is 4.72 Å². The fourth-order valence-corrected chi connectivity index (χ4v) is 3.17. The van der Waals surface area contributed by atoms with Crippen LogP contribution in [0.4, 0.5) is 0 Å². The Morgan fingerprint density at radius 2 is 1.81 bits per heavy atom. The number of nitrogens with zero attached hydrogens (tertiary/aromatic N) is 1. The molecule has 0 bridgehead atoms. The standard InChI is InChI=1S/C18H17N3O5S/c19-9-2-10-21-27(24,25)16-7-5-14(6-8-16)18(23)26-12-13-3-1-4-15(11-13)17(20)22/h1,3-8,11,21H,2,10,12H2,(H2,20,22). The summed E-state index contributed by atoms with van der Waals surface area (Å²) in [6.45, 7) is -0.0529. The van der Waals surface area contributed by atoms with E-state index < -0.39 is 21.9 Å². The van der Waals surface area contributed by atoms with Crippen molar-refractivity contribution in [2.24, 2.45) is 5.73 Å². The average molecular weight is 387 g/mol. The van der Waals surface area contributed by atoms with Crippen LogP contribution in [-0.2, 0) is 21.4 Å². The Morgan fingerprint density at radius 3 is 2.44 bits per heavy atom. The number of nitriles is 1. The summed E-state index contributed by atoms with van der Waals surface area (Å²) in [4.78, 5) is 23.2. The minimum absolute atomic E-state index is 0.00694. The number of amides is 1. The van der Waals surface area contributed by atoms with Crippen molar-refractivity contribution >= 4 is 21.9 Å². The summed E-state index contributed by atoms with van der Waals surface area (Å²) in [7, 11) is -3.74. The molecule has 0 aliphatic carbocycles. The van der Waals surface area contributed by atoms with E-state index in [-0.39, 0.29) is 30.0 Å². The Kier molecular flexibility index (Phi) is 6.65. The maximum Gasteiger partial charge on any atom is 0.338 e. The monoisotopic (exact) mass is 387 g/mol. The zero-order valence-electron chi connectivity index (χ0n) is 14.2. The second kappa shape index (κ2) is 8.93. The number of nitrogens with two attached hydrogens (primary N) is 1. The molecule has 8 nitrogen and oxygen atoms in total. The third-order valence-electron chi connectivity index (χ3n) is 3.51. The molecule has 0 saturated heterocycles. The van der Waals surface area contributed by atoms with E-state index in [1.807, 2.05) is 6.07 Å². The van der Waals surface area contributed by atoms with Crippen LogP contribution in [0.3, 0.4) is 0 Å². The van der Waals surface area contributed by atoms with Gasteiger partial charge in [0.2, 0.25) is 15.9 Å². The molecule has 2 rings (SSSR count). The van der Waals surface area contributed by atoms with Gasteiger partial charge in [-0.15, -0.1) is 0 Å². The highest BCUT2D eigenvalue weighted by Crippen LogP contribution is 2.13. The molecule has 0 heterocycles. The number of hydrogen-bond acceptors (Lipinski definition) is 6. The predicted molar refractivity (Wildman–Crippen MR) is 95.9 cm³/mol. The van der Waals surface area contributed by atoms with Crippen LogP contribution >= 0.6 is 0 Å². The molecule has 9 heteroatoms. The van der Waals surface area contributed by atoms with Crippen molar-refractivity contribution < 1.29 is 22.7 Å². The van der Waals surface area contributed by atoms with Gasteiger partial charge >= 0.3 is 5.97 Å². The van der Waals surface area contributed by atoms with Gasteiger partial charge in [-0.05, 0) is 42.0 Å². The van der Waals surface area contributed by atoms with E-state index in [9.17, 15) is 18.0 Å². The van der Waals surface area contributed by atoms with Crippen molar-refractivity contribution in [3.63, 3.8) is 0 Å². The number of rotatable bonds is 8. The lowest BCUT2D eigenvalue weighted by Gasteiger charge is -2.08. The molecule has 0 spiro atoms. The van der Waals surface area contributed by atoms with Gasteiger partial charge in [0, 0.05) is 18.5 Å². The van der Waals surface area contributed by atoms with Crippen LogP contribution < -0.4 is 10.5 Å². The molecule has 2 aromatic rings. The number of carbonyl (C=O) groups is 2. The highest BCUT2D eigenvalue weighted by atomic mass is 32.2. The van der Waals surface area contributed by atoms with E-state index in [1.165, 1.54) is 30.3 Å². The molecular formula is C18H17N3O5S. The summed E-state index contributed by atoms with van der Waals surface area (Å²) in [5.74, 6) is -1.22. The minimum atomic E-state index is -3.74. The highest BCUT2D eigenvalue weighted by molar-refractivity contribution is 7.89. The van der Waals surface area contributed by atoms with Crippen LogP contribution in [0, 0.1) is 11.3 Å². The lowest BCUT2D eigenvalue weighted by Crippen LogP contribution is -2.24. The third-order valence-corrected chi connectivity index (χ3v) is 4.99. The van der Waals surface area contributed by atoms with E-state index in [0.29, 0.717) is 11.1 Å². The number of esters is 1. The Hall–Kier alpha value is -3.22. The fourth-order valence-electron chi connectivity index (χ4n) is 2.14. The van der Waals surface area contributed by atoms with Gasteiger partial charge in [-0.1, -0.05) is 12.1 Å². The molecule has 0 aliphatic heterocycles.